The van der Waals surface area contributed by atoms with Gasteiger partial charge in [-0.3, -0.25) is 4.79 Å². The predicted octanol–water partition coefficient (Wildman–Crippen LogP) is 0.863. The molecule has 4 nitrogen and oxygen atoms in total. The van der Waals surface area contributed by atoms with Gasteiger partial charge in [-0.1, -0.05) is 0 Å². The van der Waals surface area contributed by atoms with Gasteiger partial charge in [-0.25, -0.2) is 4.79 Å². The zero-order valence-corrected chi connectivity index (χ0v) is 9.20. The fraction of sp³-hybridized carbons (Fsp3) is 0.500. The van der Waals surface area contributed by atoms with Crippen LogP contribution in [0.2, 0.25) is 0 Å². The summed E-state index contributed by atoms with van der Waals surface area (Å²) in [6, 6.07) is 0. The number of alkyl halides is 1. The molecular formula is C8H10ClNO3S. The number of methoxy groups -OCH3 is 1. The molecule has 1 aliphatic rings. The summed E-state index contributed by atoms with van der Waals surface area (Å²) in [7, 11) is 1.31. The zero-order chi connectivity index (χ0) is 10.6. The van der Waals surface area contributed by atoms with E-state index in [1.54, 1.807) is 0 Å². The van der Waals surface area contributed by atoms with E-state index in [2.05, 4.69) is 10.1 Å². The van der Waals surface area contributed by atoms with E-state index in [0.29, 0.717) is 17.0 Å². The molecule has 0 saturated heterocycles. The lowest BCUT2D eigenvalue weighted by atomic mass is 10.3. The van der Waals surface area contributed by atoms with Gasteiger partial charge in [0.05, 0.1) is 7.11 Å². The van der Waals surface area contributed by atoms with Gasteiger partial charge in [0.25, 0.3) is 0 Å². The van der Waals surface area contributed by atoms with E-state index in [1.807, 2.05) is 0 Å². The molecule has 0 atom stereocenters. The highest BCUT2D eigenvalue weighted by molar-refractivity contribution is 8.04. The molecule has 0 fully saturated rings. The number of rotatable bonds is 3. The number of thioether (sulfide) groups is 1. The molecule has 0 aromatic heterocycles. The number of hydrogen-bond donors (Lipinski definition) is 1. The summed E-state index contributed by atoms with van der Waals surface area (Å²) >= 11 is 6.72. The van der Waals surface area contributed by atoms with Crippen molar-refractivity contribution in [2.75, 3.05) is 18.7 Å². The smallest absolute Gasteiger partial charge is 0.346 e. The van der Waals surface area contributed by atoms with Crippen LogP contribution in [0.3, 0.4) is 0 Å². The SMILES string of the molecule is COC(=O)C1=C(NC(=O)CCl)CCS1. The summed E-state index contributed by atoms with van der Waals surface area (Å²) in [6.45, 7) is 0. The lowest BCUT2D eigenvalue weighted by Gasteiger charge is -2.05. The zero-order valence-electron chi connectivity index (χ0n) is 7.63. The van der Waals surface area contributed by atoms with Crippen molar-refractivity contribution >= 4 is 35.2 Å². The van der Waals surface area contributed by atoms with Gasteiger partial charge in [0.2, 0.25) is 5.91 Å². The monoisotopic (exact) mass is 235 g/mol. The average molecular weight is 236 g/mol. The first-order chi connectivity index (χ1) is 6.69. The Hall–Kier alpha value is -0.680. The highest BCUT2D eigenvalue weighted by Crippen LogP contribution is 2.30. The van der Waals surface area contributed by atoms with E-state index in [9.17, 15) is 9.59 Å². The third-order valence-electron chi connectivity index (χ3n) is 1.66. The molecule has 0 unspecified atom stereocenters. The highest BCUT2D eigenvalue weighted by Gasteiger charge is 2.23. The van der Waals surface area contributed by atoms with Crippen molar-refractivity contribution in [3.8, 4) is 0 Å². The van der Waals surface area contributed by atoms with Crippen molar-refractivity contribution in [1.29, 1.82) is 0 Å². The Balaban J connectivity index is 2.72. The van der Waals surface area contributed by atoms with Gasteiger partial charge in [0, 0.05) is 11.4 Å². The molecule has 0 aliphatic carbocycles. The molecule has 0 spiro atoms. The van der Waals surface area contributed by atoms with Gasteiger partial charge in [-0.2, -0.15) is 0 Å². The van der Waals surface area contributed by atoms with Crippen LogP contribution in [0.15, 0.2) is 10.6 Å². The summed E-state index contributed by atoms with van der Waals surface area (Å²) in [5.74, 6) is -0.0340. The van der Waals surface area contributed by atoms with Crippen LogP contribution in [0.5, 0.6) is 0 Å². The van der Waals surface area contributed by atoms with Crippen molar-refractivity contribution in [2.45, 2.75) is 6.42 Å². The summed E-state index contributed by atoms with van der Waals surface area (Å²) < 4.78 is 4.58. The van der Waals surface area contributed by atoms with E-state index in [4.69, 9.17) is 11.6 Å². The quantitative estimate of drug-likeness (QED) is 0.583. The standard InChI is InChI=1S/C8H10ClNO3S/c1-13-8(12)7-5(2-3-14-7)10-6(11)4-9/h2-4H2,1H3,(H,10,11). The summed E-state index contributed by atoms with van der Waals surface area (Å²) in [5, 5.41) is 2.58. The number of allylic oxidation sites excluding steroid dienone is 1. The number of carbonyl (C=O) groups is 2. The molecule has 1 heterocycles. The number of ether oxygens (including phenoxy) is 1. The van der Waals surface area contributed by atoms with E-state index in [1.165, 1.54) is 18.9 Å². The van der Waals surface area contributed by atoms with Crippen molar-refractivity contribution in [3.63, 3.8) is 0 Å². The van der Waals surface area contributed by atoms with E-state index in [0.717, 1.165) is 5.75 Å². The van der Waals surface area contributed by atoms with Gasteiger partial charge in [-0.05, 0) is 6.42 Å². The maximum Gasteiger partial charge on any atom is 0.346 e. The number of nitrogens with one attached hydrogen (secondary N) is 1. The van der Waals surface area contributed by atoms with Crippen LogP contribution in [0, 0.1) is 0 Å². The van der Waals surface area contributed by atoms with Gasteiger partial charge >= 0.3 is 5.97 Å². The molecule has 1 amide bonds. The molecule has 0 aromatic rings. The second-order valence-corrected chi connectivity index (χ2v) is 3.95. The maximum absolute atomic E-state index is 11.2. The van der Waals surface area contributed by atoms with E-state index < -0.39 is 5.97 Å². The molecule has 0 saturated carbocycles. The third-order valence-corrected chi connectivity index (χ3v) is 3.01. The van der Waals surface area contributed by atoms with Crippen LogP contribution in [-0.2, 0) is 14.3 Å². The van der Waals surface area contributed by atoms with Crippen LogP contribution in [0.25, 0.3) is 0 Å². The average Bonchev–Trinajstić information content (AvgIpc) is 2.64. The van der Waals surface area contributed by atoms with Crippen LogP contribution < -0.4 is 5.32 Å². The minimum atomic E-state index is -0.405. The Morgan fingerprint density at radius 1 is 1.64 bits per heavy atom. The summed E-state index contributed by atoms with van der Waals surface area (Å²) in [5.41, 5.74) is 0.618. The second-order valence-electron chi connectivity index (χ2n) is 2.58. The lowest BCUT2D eigenvalue weighted by molar-refractivity contribution is -0.135. The minimum Gasteiger partial charge on any atom is -0.465 e. The largest absolute Gasteiger partial charge is 0.465 e. The van der Waals surface area contributed by atoms with Crippen molar-refractivity contribution < 1.29 is 14.3 Å². The topological polar surface area (TPSA) is 55.4 Å². The summed E-state index contributed by atoms with van der Waals surface area (Å²) in [4.78, 5) is 22.7. The van der Waals surface area contributed by atoms with Crippen LogP contribution in [-0.4, -0.2) is 30.6 Å². The number of esters is 1. The number of halogens is 1. The van der Waals surface area contributed by atoms with Gasteiger partial charge in [-0.15, -0.1) is 23.4 Å². The first-order valence-electron chi connectivity index (χ1n) is 3.99. The fourth-order valence-electron chi connectivity index (χ4n) is 1.05. The Kier molecular flexibility index (Phi) is 4.28. The minimum absolute atomic E-state index is 0.109. The van der Waals surface area contributed by atoms with Gasteiger partial charge in [0.15, 0.2) is 0 Å². The Bertz CT molecular complexity index is 290. The molecular weight excluding hydrogens is 226 g/mol. The summed E-state index contributed by atoms with van der Waals surface area (Å²) in [6.07, 6.45) is 0.664. The molecule has 0 aromatic carbocycles. The fourth-order valence-corrected chi connectivity index (χ4v) is 2.16. The second kappa shape index (κ2) is 5.26. The molecule has 1 aliphatic heterocycles. The molecule has 78 valence electrons. The predicted molar refractivity (Wildman–Crippen MR) is 55.0 cm³/mol. The van der Waals surface area contributed by atoms with Gasteiger partial charge in [0.1, 0.15) is 10.8 Å². The third kappa shape index (κ3) is 2.65. The first-order valence-corrected chi connectivity index (χ1v) is 5.51. The molecule has 0 bridgehead atoms. The van der Waals surface area contributed by atoms with Crippen LogP contribution >= 0.6 is 23.4 Å². The van der Waals surface area contributed by atoms with E-state index >= 15 is 0 Å². The lowest BCUT2D eigenvalue weighted by Crippen LogP contribution is -2.24. The van der Waals surface area contributed by atoms with Crippen LogP contribution in [0.1, 0.15) is 6.42 Å². The number of amides is 1. The molecule has 1 N–H and O–H groups in total. The molecule has 6 heteroatoms. The molecule has 0 radical (unpaired) electrons. The Morgan fingerprint density at radius 3 is 2.93 bits per heavy atom. The molecule has 14 heavy (non-hydrogen) atoms. The van der Waals surface area contributed by atoms with Crippen molar-refractivity contribution in [2.24, 2.45) is 0 Å². The normalized spacial score (nSPS) is 15.6. The van der Waals surface area contributed by atoms with Crippen molar-refractivity contribution in [3.05, 3.63) is 10.6 Å². The van der Waals surface area contributed by atoms with Gasteiger partial charge < -0.3 is 10.1 Å². The van der Waals surface area contributed by atoms with E-state index in [-0.39, 0.29) is 11.8 Å². The molecule has 1 rings (SSSR count). The first kappa shape index (κ1) is 11.4. The Labute approximate surface area is 91.0 Å². The highest BCUT2D eigenvalue weighted by atomic mass is 35.5. The Morgan fingerprint density at radius 2 is 2.36 bits per heavy atom. The van der Waals surface area contributed by atoms with Crippen molar-refractivity contribution in [1.82, 2.24) is 5.32 Å². The number of hydrogen-bond acceptors (Lipinski definition) is 4. The van der Waals surface area contributed by atoms with Crippen LogP contribution in [0.4, 0.5) is 0 Å². The maximum atomic E-state index is 11.2. The number of carbonyl (C=O) groups excluding carboxylic acids is 2.